The molecular formula is C12H13BrCl2O. The molecule has 1 nitrogen and oxygen atoms in total. The molecule has 0 unspecified atom stereocenters. The number of rotatable bonds is 4. The Morgan fingerprint density at radius 2 is 1.81 bits per heavy atom. The molecule has 2 rings (SSSR count). The van der Waals surface area contributed by atoms with Crippen molar-refractivity contribution in [1.82, 2.24) is 0 Å². The lowest BCUT2D eigenvalue weighted by Crippen LogP contribution is -2.37. The number of hydrogen-bond donors (Lipinski definition) is 0. The van der Waals surface area contributed by atoms with Crippen LogP contribution in [0.5, 0.6) is 5.75 Å². The van der Waals surface area contributed by atoms with Crippen LogP contribution in [0.3, 0.4) is 0 Å². The van der Waals surface area contributed by atoms with E-state index in [0.717, 1.165) is 17.7 Å². The van der Waals surface area contributed by atoms with E-state index in [0.29, 0.717) is 15.5 Å². The lowest BCUT2D eigenvalue weighted by Gasteiger charge is -2.39. The van der Waals surface area contributed by atoms with Crippen molar-refractivity contribution in [3.8, 4) is 5.75 Å². The monoisotopic (exact) mass is 322 g/mol. The molecule has 0 radical (unpaired) electrons. The van der Waals surface area contributed by atoms with Crippen LogP contribution in [0.15, 0.2) is 18.2 Å². The molecule has 0 aromatic heterocycles. The first-order valence-electron chi connectivity index (χ1n) is 5.28. The summed E-state index contributed by atoms with van der Waals surface area (Å²) in [6.07, 6.45) is 3.75. The van der Waals surface area contributed by atoms with Gasteiger partial charge in [-0.3, -0.25) is 0 Å². The van der Waals surface area contributed by atoms with Gasteiger partial charge in [-0.15, -0.1) is 0 Å². The molecule has 0 atom stereocenters. The summed E-state index contributed by atoms with van der Waals surface area (Å²) in [5.41, 5.74) is 0.314. The molecule has 0 saturated heterocycles. The number of benzene rings is 1. The Bertz CT molecular complexity index is 352. The van der Waals surface area contributed by atoms with Crippen molar-refractivity contribution in [1.29, 1.82) is 0 Å². The number of alkyl halides is 1. The largest absolute Gasteiger partial charge is 0.493 e. The predicted molar refractivity (Wildman–Crippen MR) is 72.0 cm³/mol. The third kappa shape index (κ3) is 2.85. The zero-order chi connectivity index (χ0) is 11.6. The van der Waals surface area contributed by atoms with Gasteiger partial charge in [0.15, 0.2) is 0 Å². The molecule has 1 saturated carbocycles. The zero-order valence-corrected chi connectivity index (χ0v) is 11.9. The first kappa shape index (κ1) is 12.5. The minimum absolute atomic E-state index is 0.314. The highest BCUT2D eigenvalue weighted by Gasteiger charge is 2.36. The van der Waals surface area contributed by atoms with Crippen molar-refractivity contribution in [2.24, 2.45) is 5.41 Å². The smallest absolute Gasteiger partial charge is 0.122 e. The summed E-state index contributed by atoms with van der Waals surface area (Å²) < 4.78 is 5.77. The van der Waals surface area contributed by atoms with Crippen LogP contribution in [0.4, 0.5) is 0 Å². The number of ether oxygens (including phenoxy) is 1. The van der Waals surface area contributed by atoms with E-state index < -0.39 is 0 Å². The second kappa shape index (κ2) is 5.16. The Balaban J connectivity index is 1.98. The average Bonchev–Trinajstić information content (AvgIpc) is 2.15. The Hall–Kier alpha value is 0.0800. The van der Waals surface area contributed by atoms with Crippen molar-refractivity contribution in [3.63, 3.8) is 0 Å². The van der Waals surface area contributed by atoms with E-state index in [9.17, 15) is 0 Å². The topological polar surface area (TPSA) is 9.23 Å². The number of halogens is 3. The maximum absolute atomic E-state index is 5.91. The standard InChI is InChI=1S/C12H13BrCl2O/c13-7-12(2-1-3-12)8-16-11-5-9(14)4-10(15)6-11/h4-6H,1-3,7-8H2. The van der Waals surface area contributed by atoms with Crippen LogP contribution >= 0.6 is 39.1 Å². The Kier molecular flexibility index (Phi) is 4.04. The third-order valence-electron chi connectivity index (χ3n) is 3.08. The van der Waals surface area contributed by atoms with Gasteiger partial charge in [-0.1, -0.05) is 45.6 Å². The SMILES string of the molecule is Clc1cc(Cl)cc(OCC2(CBr)CCC2)c1. The van der Waals surface area contributed by atoms with Gasteiger partial charge in [-0.2, -0.15) is 0 Å². The molecule has 1 aliphatic carbocycles. The number of hydrogen-bond acceptors (Lipinski definition) is 1. The third-order valence-corrected chi connectivity index (χ3v) is 4.70. The van der Waals surface area contributed by atoms with Crippen molar-refractivity contribution in [2.75, 3.05) is 11.9 Å². The van der Waals surface area contributed by atoms with E-state index in [1.54, 1.807) is 18.2 Å². The van der Waals surface area contributed by atoms with Crippen LogP contribution in [-0.4, -0.2) is 11.9 Å². The first-order valence-corrected chi connectivity index (χ1v) is 7.16. The summed E-state index contributed by atoms with van der Waals surface area (Å²) in [6, 6.07) is 5.31. The minimum atomic E-state index is 0.314. The van der Waals surface area contributed by atoms with E-state index in [1.807, 2.05) is 0 Å². The van der Waals surface area contributed by atoms with Crippen LogP contribution in [0.1, 0.15) is 19.3 Å². The van der Waals surface area contributed by atoms with Crippen molar-refractivity contribution < 1.29 is 4.74 Å². The molecule has 4 heteroatoms. The molecule has 0 heterocycles. The van der Waals surface area contributed by atoms with Gasteiger partial charge in [-0.05, 0) is 31.0 Å². The van der Waals surface area contributed by atoms with Gasteiger partial charge in [0.25, 0.3) is 0 Å². The van der Waals surface area contributed by atoms with Crippen LogP contribution in [-0.2, 0) is 0 Å². The molecule has 16 heavy (non-hydrogen) atoms. The van der Waals surface area contributed by atoms with E-state index in [1.165, 1.54) is 19.3 Å². The summed E-state index contributed by atoms with van der Waals surface area (Å²) in [5, 5.41) is 2.22. The molecule has 88 valence electrons. The van der Waals surface area contributed by atoms with Crippen LogP contribution < -0.4 is 4.74 Å². The molecule has 0 amide bonds. The second-order valence-electron chi connectivity index (χ2n) is 4.38. The maximum atomic E-state index is 5.91. The van der Waals surface area contributed by atoms with Crippen molar-refractivity contribution in [2.45, 2.75) is 19.3 Å². The summed E-state index contributed by atoms with van der Waals surface area (Å²) in [5.74, 6) is 0.754. The van der Waals surface area contributed by atoms with Gasteiger partial charge in [-0.25, -0.2) is 0 Å². The van der Waals surface area contributed by atoms with Crippen LogP contribution in [0.25, 0.3) is 0 Å². The molecule has 1 aromatic rings. The highest BCUT2D eigenvalue weighted by molar-refractivity contribution is 9.09. The lowest BCUT2D eigenvalue weighted by atomic mass is 9.71. The molecule has 0 bridgehead atoms. The van der Waals surface area contributed by atoms with Gasteiger partial charge in [0.2, 0.25) is 0 Å². The maximum Gasteiger partial charge on any atom is 0.122 e. The van der Waals surface area contributed by atoms with Gasteiger partial charge in [0.05, 0.1) is 6.61 Å². The summed E-state index contributed by atoms with van der Waals surface area (Å²) in [4.78, 5) is 0. The second-order valence-corrected chi connectivity index (χ2v) is 5.81. The van der Waals surface area contributed by atoms with E-state index >= 15 is 0 Å². The van der Waals surface area contributed by atoms with E-state index in [2.05, 4.69) is 15.9 Å². The molecule has 0 N–H and O–H groups in total. The Morgan fingerprint density at radius 1 is 1.19 bits per heavy atom. The highest BCUT2D eigenvalue weighted by atomic mass is 79.9. The molecule has 0 aliphatic heterocycles. The molecule has 0 spiro atoms. The molecular weight excluding hydrogens is 311 g/mol. The fraction of sp³-hybridized carbons (Fsp3) is 0.500. The van der Waals surface area contributed by atoms with E-state index in [4.69, 9.17) is 27.9 Å². The fourth-order valence-corrected chi connectivity index (χ4v) is 3.07. The summed E-state index contributed by atoms with van der Waals surface area (Å²) in [6.45, 7) is 0.731. The van der Waals surface area contributed by atoms with Gasteiger partial charge in [0, 0.05) is 20.8 Å². The van der Waals surface area contributed by atoms with Crippen LogP contribution in [0.2, 0.25) is 10.0 Å². The van der Waals surface area contributed by atoms with Gasteiger partial charge in [0.1, 0.15) is 5.75 Å². The fourth-order valence-electron chi connectivity index (χ4n) is 1.84. The van der Waals surface area contributed by atoms with E-state index in [-0.39, 0.29) is 0 Å². The predicted octanol–water partition coefficient (Wildman–Crippen LogP) is 4.94. The average molecular weight is 324 g/mol. The summed E-state index contributed by atoms with van der Waals surface area (Å²) >= 11 is 15.4. The first-order chi connectivity index (χ1) is 7.63. The minimum Gasteiger partial charge on any atom is -0.493 e. The Morgan fingerprint density at radius 3 is 2.25 bits per heavy atom. The molecule has 1 aliphatic rings. The Labute approximate surface area is 114 Å². The normalized spacial score (nSPS) is 17.9. The van der Waals surface area contributed by atoms with Gasteiger partial charge < -0.3 is 4.74 Å². The summed E-state index contributed by atoms with van der Waals surface area (Å²) in [7, 11) is 0. The zero-order valence-electron chi connectivity index (χ0n) is 8.81. The lowest BCUT2D eigenvalue weighted by molar-refractivity contribution is 0.0838. The quantitative estimate of drug-likeness (QED) is 0.713. The highest BCUT2D eigenvalue weighted by Crippen LogP contribution is 2.42. The van der Waals surface area contributed by atoms with Gasteiger partial charge >= 0.3 is 0 Å². The molecule has 1 aromatic carbocycles. The van der Waals surface area contributed by atoms with Crippen molar-refractivity contribution in [3.05, 3.63) is 28.2 Å². The van der Waals surface area contributed by atoms with Crippen molar-refractivity contribution >= 4 is 39.1 Å². The molecule has 1 fully saturated rings. The van der Waals surface area contributed by atoms with Crippen LogP contribution in [0, 0.1) is 5.41 Å².